The molecule has 0 bridgehead atoms. The molecule has 22 heavy (non-hydrogen) atoms. The van der Waals surface area contributed by atoms with Crippen molar-refractivity contribution in [3.05, 3.63) is 21.4 Å². The van der Waals surface area contributed by atoms with Gasteiger partial charge >= 0.3 is 0 Å². The van der Waals surface area contributed by atoms with E-state index in [1.54, 1.807) is 0 Å². The van der Waals surface area contributed by atoms with Crippen LogP contribution in [0.25, 0.3) is 0 Å². The standard InChI is InChI=1S/C17H25NO3S/c1-3-14-8-15-16(22-14)4-7-21-17(15)5-6-18(12(2)9-17)10-13(20)11-19/h8,12,19H,3-7,9-11H2,1-2H3/t12-,17+/m0/s1. The van der Waals surface area contributed by atoms with Crippen molar-refractivity contribution in [3.63, 3.8) is 0 Å². The Hall–Kier alpha value is -0.750. The number of ether oxygens (including phenoxy) is 1. The molecule has 1 saturated heterocycles. The number of aliphatic hydroxyl groups excluding tert-OH is 1. The maximum atomic E-state index is 11.5. The molecule has 0 aromatic carbocycles. The summed E-state index contributed by atoms with van der Waals surface area (Å²) in [5.41, 5.74) is 1.25. The molecule has 2 aliphatic rings. The van der Waals surface area contributed by atoms with Gasteiger partial charge in [0.15, 0.2) is 5.78 Å². The SMILES string of the molecule is CCc1cc2c(s1)CCO[C@@]21CCN(CC(=O)CO)[C@@H](C)C1. The first-order valence-electron chi connectivity index (χ1n) is 8.20. The number of fused-ring (bicyclic) bond motifs is 2. The number of piperidine rings is 1. The van der Waals surface area contributed by atoms with Gasteiger partial charge in [-0.05, 0) is 37.8 Å². The molecule has 1 N–H and O–H groups in total. The van der Waals surface area contributed by atoms with Gasteiger partial charge in [0.2, 0.25) is 0 Å². The summed E-state index contributed by atoms with van der Waals surface area (Å²) in [4.78, 5) is 16.6. The number of hydrogen-bond acceptors (Lipinski definition) is 5. The number of likely N-dealkylation sites (tertiary alicyclic amines) is 1. The first-order valence-corrected chi connectivity index (χ1v) is 9.02. The van der Waals surface area contributed by atoms with Gasteiger partial charge in [-0.3, -0.25) is 9.69 Å². The summed E-state index contributed by atoms with van der Waals surface area (Å²) >= 11 is 1.94. The van der Waals surface area contributed by atoms with Crippen LogP contribution < -0.4 is 0 Å². The van der Waals surface area contributed by atoms with Crippen molar-refractivity contribution in [2.45, 2.75) is 51.2 Å². The summed E-state index contributed by atoms with van der Waals surface area (Å²) in [5, 5.41) is 8.95. The average molecular weight is 323 g/mol. The monoisotopic (exact) mass is 323 g/mol. The fraction of sp³-hybridized carbons (Fsp3) is 0.706. The highest BCUT2D eigenvalue weighted by atomic mass is 32.1. The van der Waals surface area contributed by atoms with Crippen molar-refractivity contribution in [2.75, 3.05) is 26.3 Å². The van der Waals surface area contributed by atoms with Gasteiger partial charge in [0, 0.05) is 28.8 Å². The van der Waals surface area contributed by atoms with Crippen molar-refractivity contribution in [1.29, 1.82) is 0 Å². The van der Waals surface area contributed by atoms with Gasteiger partial charge in [0.1, 0.15) is 6.61 Å². The van der Waals surface area contributed by atoms with Crippen molar-refractivity contribution in [1.82, 2.24) is 4.90 Å². The third kappa shape index (κ3) is 2.87. The smallest absolute Gasteiger partial charge is 0.172 e. The minimum atomic E-state index is -0.362. The summed E-state index contributed by atoms with van der Waals surface area (Å²) in [6.07, 6.45) is 3.98. The van der Waals surface area contributed by atoms with Crippen LogP contribution in [0, 0.1) is 0 Å². The molecule has 0 unspecified atom stereocenters. The largest absolute Gasteiger partial charge is 0.389 e. The average Bonchev–Trinajstić information content (AvgIpc) is 2.95. The molecule has 1 spiro atoms. The molecule has 0 amide bonds. The minimum Gasteiger partial charge on any atom is -0.389 e. The third-order valence-electron chi connectivity index (χ3n) is 5.01. The number of thiophene rings is 1. The molecular weight excluding hydrogens is 298 g/mol. The molecule has 2 atom stereocenters. The van der Waals surface area contributed by atoms with Gasteiger partial charge < -0.3 is 9.84 Å². The van der Waals surface area contributed by atoms with E-state index < -0.39 is 0 Å². The topological polar surface area (TPSA) is 49.8 Å². The van der Waals surface area contributed by atoms with E-state index in [-0.39, 0.29) is 18.0 Å². The van der Waals surface area contributed by atoms with Crippen molar-refractivity contribution in [3.8, 4) is 0 Å². The van der Waals surface area contributed by atoms with E-state index in [0.29, 0.717) is 12.6 Å². The summed E-state index contributed by atoms with van der Waals surface area (Å²) in [5.74, 6) is -0.100. The Morgan fingerprint density at radius 2 is 2.41 bits per heavy atom. The number of carbonyl (C=O) groups is 1. The minimum absolute atomic E-state index is 0.100. The quantitative estimate of drug-likeness (QED) is 0.922. The van der Waals surface area contributed by atoms with E-state index in [1.165, 1.54) is 15.3 Å². The second kappa shape index (κ2) is 6.40. The number of ketones is 1. The fourth-order valence-electron chi connectivity index (χ4n) is 3.79. The van der Waals surface area contributed by atoms with E-state index in [2.05, 4.69) is 24.8 Å². The van der Waals surface area contributed by atoms with Gasteiger partial charge in [0.05, 0.1) is 18.8 Å². The van der Waals surface area contributed by atoms with Gasteiger partial charge in [-0.2, -0.15) is 0 Å². The van der Waals surface area contributed by atoms with Crippen LogP contribution >= 0.6 is 11.3 Å². The van der Waals surface area contributed by atoms with Crippen molar-refractivity contribution < 1.29 is 14.6 Å². The van der Waals surface area contributed by atoms with E-state index >= 15 is 0 Å². The first kappa shape index (κ1) is 16.1. The molecule has 2 aliphatic heterocycles. The van der Waals surface area contributed by atoms with Crippen LogP contribution in [0.3, 0.4) is 0 Å². The molecule has 3 rings (SSSR count). The zero-order valence-electron chi connectivity index (χ0n) is 13.4. The zero-order valence-corrected chi connectivity index (χ0v) is 14.2. The summed E-state index contributed by atoms with van der Waals surface area (Å²) in [6, 6.07) is 2.64. The Morgan fingerprint density at radius 1 is 1.59 bits per heavy atom. The summed E-state index contributed by atoms with van der Waals surface area (Å²) in [6.45, 7) is 6.01. The molecule has 4 nitrogen and oxygen atoms in total. The number of rotatable bonds is 4. The van der Waals surface area contributed by atoms with Crippen LogP contribution in [0.15, 0.2) is 6.07 Å². The van der Waals surface area contributed by atoms with E-state index in [9.17, 15) is 4.79 Å². The van der Waals surface area contributed by atoms with Gasteiger partial charge in [0.25, 0.3) is 0 Å². The second-order valence-electron chi connectivity index (χ2n) is 6.47. The van der Waals surface area contributed by atoms with Crippen LogP contribution in [-0.4, -0.2) is 48.1 Å². The number of nitrogens with zero attached hydrogens (tertiary/aromatic N) is 1. The zero-order chi connectivity index (χ0) is 15.7. The van der Waals surface area contributed by atoms with Crippen LogP contribution in [0.2, 0.25) is 0 Å². The third-order valence-corrected chi connectivity index (χ3v) is 6.35. The van der Waals surface area contributed by atoms with Crippen molar-refractivity contribution in [2.24, 2.45) is 0 Å². The predicted octanol–water partition coefficient (Wildman–Crippen LogP) is 2.12. The Kier molecular flexibility index (Phi) is 4.69. The highest BCUT2D eigenvalue weighted by molar-refractivity contribution is 7.12. The number of aryl methyl sites for hydroxylation is 1. The van der Waals surface area contributed by atoms with E-state index in [4.69, 9.17) is 9.84 Å². The molecule has 0 aliphatic carbocycles. The molecule has 1 aromatic rings. The first-order chi connectivity index (χ1) is 10.6. The lowest BCUT2D eigenvalue weighted by Crippen LogP contribution is -2.51. The summed E-state index contributed by atoms with van der Waals surface area (Å²) in [7, 11) is 0. The van der Waals surface area contributed by atoms with Gasteiger partial charge in [-0.1, -0.05) is 6.92 Å². The number of aliphatic hydroxyl groups is 1. The Morgan fingerprint density at radius 3 is 3.09 bits per heavy atom. The van der Waals surface area contributed by atoms with E-state index in [1.807, 2.05) is 11.3 Å². The normalized spacial score (nSPS) is 28.8. The maximum Gasteiger partial charge on any atom is 0.172 e. The van der Waals surface area contributed by atoms with Crippen LogP contribution in [0.4, 0.5) is 0 Å². The molecule has 1 aromatic heterocycles. The summed E-state index contributed by atoms with van der Waals surface area (Å²) < 4.78 is 6.29. The maximum absolute atomic E-state index is 11.5. The molecule has 1 fully saturated rings. The number of hydrogen-bond donors (Lipinski definition) is 1. The number of Topliss-reactive ketones (excluding diaryl/α,β-unsaturated/α-hetero) is 1. The second-order valence-corrected chi connectivity index (χ2v) is 7.69. The van der Waals surface area contributed by atoms with Crippen LogP contribution in [0.5, 0.6) is 0 Å². The lowest BCUT2D eigenvalue weighted by atomic mass is 9.79. The Bertz CT molecular complexity index is 556. The molecule has 0 saturated carbocycles. The van der Waals surface area contributed by atoms with Crippen molar-refractivity contribution >= 4 is 17.1 Å². The molecule has 3 heterocycles. The molecule has 122 valence electrons. The van der Waals surface area contributed by atoms with Crippen LogP contribution in [-0.2, 0) is 28.0 Å². The van der Waals surface area contributed by atoms with Crippen LogP contribution in [0.1, 0.15) is 42.0 Å². The Balaban J connectivity index is 1.80. The van der Waals surface area contributed by atoms with Gasteiger partial charge in [-0.25, -0.2) is 0 Å². The lowest BCUT2D eigenvalue weighted by Gasteiger charge is -2.47. The number of carbonyl (C=O) groups excluding carboxylic acids is 1. The highest BCUT2D eigenvalue weighted by Crippen LogP contribution is 2.46. The van der Waals surface area contributed by atoms with E-state index in [0.717, 1.165) is 38.8 Å². The predicted molar refractivity (Wildman–Crippen MR) is 87.4 cm³/mol. The Labute approximate surface area is 136 Å². The fourth-order valence-corrected chi connectivity index (χ4v) is 4.96. The molecule has 0 radical (unpaired) electrons. The van der Waals surface area contributed by atoms with Gasteiger partial charge in [-0.15, -0.1) is 11.3 Å². The molecule has 5 heteroatoms. The molecular formula is C17H25NO3S. The highest BCUT2D eigenvalue weighted by Gasteiger charge is 2.44. The lowest BCUT2D eigenvalue weighted by molar-refractivity contribution is -0.130.